The Morgan fingerprint density at radius 3 is 2.79 bits per heavy atom. The molecule has 0 fully saturated rings. The maximum Gasteiger partial charge on any atom is 0.266 e. The van der Waals surface area contributed by atoms with Crippen LogP contribution in [-0.2, 0) is 16.1 Å². The number of aromatic nitrogens is 1. The van der Waals surface area contributed by atoms with E-state index in [0.717, 1.165) is 5.56 Å². The molecule has 0 unspecified atom stereocenters. The number of fused-ring (bicyclic) bond motifs is 1. The van der Waals surface area contributed by atoms with Gasteiger partial charge in [0.2, 0.25) is 5.91 Å². The van der Waals surface area contributed by atoms with E-state index in [-0.39, 0.29) is 25.0 Å². The fraction of sp³-hybridized carbons (Fsp3) is 0.278. The quantitative estimate of drug-likeness (QED) is 0.842. The molecule has 3 rings (SSSR count). The van der Waals surface area contributed by atoms with E-state index in [2.05, 4.69) is 4.98 Å². The fourth-order valence-electron chi connectivity index (χ4n) is 2.61. The van der Waals surface area contributed by atoms with Gasteiger partial charge >= 0.3 is 0 Å². The summed E-state index contributed by atoms with van der Waals surface area (Å²) in [6.45, 7) is 2.91. The molecule has 1 aromatic carbocycles. The maximum absolute atomic E-state index is 12.7. The summed E-state index contributed by atoms with van der Waals surface area (Å²) in [5.74, 6) is 0.549. The van der Waals surface area contributed by atoms with Crippen LogP contribution in [0.25, 0.3) is 0 Å². The van der Waals surface area contributed by atoms with Gasteiger partial charge in [-0.25, -0.2) is 4.98 Å². The third kappa shape index (κ3) is 3.37. The van der Waals surface area contributed by atoms with Crippen LogP contribution >= 0.6 is 0 Å². The number of amides is 2. The molecule has 0 N–H and O–H groups in total. The third-order valence-electron chi connectivity index (χ3n) is 3.90. The Morgan fingerprint density at radius 2 is 2.04 bits per heavy atom. The van der Waals surface area contributed by atoms with Crippen LogP contribution in [0.2, 0.25) is 0 Å². The molecule has 1 aliphatic rings. The maximum atomic E-state index is 12.7. The van der Waals surface area contributed by atoms with Crippen molar-refractivity contribution in [1.82, 2.24) is 9.88 Å². The van der Waals surface area contributed by atoms with Crippen LogP contribution < -0.4 is 9.64 Å². The Hall–Kier alpha value is -2.89. The standard InChI is InChI=1S/C18H19N3O3/c1-2-20(11-14-7-4-3-5-8-14)16(22)12-21-17(23)13-24-15-9-6-10-19-18(15)21/h3-10H,2,11-13H2,1H3. The molecular formula is C18H19N3O3. The van der Waals surface area contributed by atoms with Crippen LogP contribution in [0.1, 0.15) is 12.5 Å². The number of hydrogen-bond acceptors (Lipinski definition) is 4. The summed E-state index contributed by atoms with van der Waals surface area (Å²) < 4.78 is 5.35. The number of benzene rings is 1. The van der Waals surface area contributed by atoms with Gasteiger partial charge in [0.15, 0.2) is 18.2 Å². The molecule has 2 heterocycles. The van der Waals surface area contributed by atoms with E-state index >= 15 is 0 Å². The summed E-state index contributed by atoms with van der Waals surface area (Å²) in [6, 6.07) is 13.3. The highest BCUT2D eigenvalue weighted by molar-refractivity contribution is 6.01. The third-order valence-corrected chi connectivity index (χ3v) is 3.90. The summed E-state index contributed by atoms with van der Waals surface area (Å²) in [6.07, 6.45) is 1.58. The molecule has 2 amide bonds. The van der Waals surface area contributed by atoms with Crippen molar-refractivity contribution < 1.29 is 14.3 Å². The minimum atomic E-state index is -0.259. The molecule has 0 spiro atoms. The van der Waals surface area contributed by atoms with Crippen LogP contribution in [0.3, 0.4) is 0 Å². The lowest BCUT2D eigenvalue weighted by molar-refractivity contribution is -0.132. The Balaban J connectivity index is 1.74. The summed E-state index contributed by atoms with van der Waals surface area (Å²) in [5.41, 5.74) is 1.06. The zero-order valence-corrected chi connectivity index (χ0v) is 13.5. The van der Waals surface area contributed by atoms with E-state index in [0.29, 0.717) is 24.7 Å². The summed E-state index contributed by atoms with van der Waals surface area (Å²) >= 11 is 0. The van der Waals surface area contributed by atoms with Crippen molar-refractivity contribution in [2.24, 2.45) is 0 Å². The van der Waals surface area contributed by atoms with Crippen molar-refractivity contribution in [2.45, 2.75) is 13.5 Å². The van der Waals surface area contributed by atoms with Gasteiger partial charge in [0.25, 0.3) is 5.91 Å². The number of hydrogen-bond donors (Lipinski definition) is 0. The Kier molecular flexibility index (Phi) is 4.74. The van der Waals surface area contributed by atoms with Crippen LogP contribution in [0.5, 0.6) is 5.75 Å². The van der Waals surface area contributed by atoms with Crippen LogP contribution in [0, 0.1) is 0 Å². The van der Waals surface area contributed by atoms with Gasteiger partial charge in [-0.15, -0.1) is 0 Å². The highest BCUT2D eigenvalue weighted by atomic mass is 16.5. The number of nitrogens with zero attached hydrogens (tertiary/aromatic N) is 3. The lowest BCUT2D eigenvalue weighted by Gasteiger charge is -2.30. The number of ether oxygens (including phenoxy) is 1. The molecule has 6 nitrogen and oxygen atoms in total. The predicted molar refractivity (Wildman–Crippen MR) is 89.6 cm³/mol. The summed E-state index contributed by atoms with van der Waals surface area (Å²) in [5, 5.41) is 0. The smallest absolute Gasteiger partial charge is 0.266 e. The Labute approximate surface area is 140 Å². The normalized spacial score (nSPS) is 13.2. The molecule has 0 radical (unpaired) electrons. The van der Waals surface area contributed by atoms with Crippen molar-refractivity contribution in [1.29, 1.82) is 0 Å². The SMILES string of the molecule is CCN(Cc1ccccc1)C(=O)CN1C(=O)COc2cccnc21. The van der Waals surface area contributed by atoms with Crippen molar-refractivity contribution in [3.05, 3.63) is 54.2 Å². The minimum absolute atomic E-state index is 0.0348. The van der Waals surface area contributed by atoms with Crippen LogP contribution in [0.15, 0.2) is 48.7 Å². The molecule has 2 aromatic rings. The zero-order chi connectivity index (χ0) is 16.9. The minimum Gasteiger partial charge on any atom is -0.480 e. The first-order valence-electron chi connectivity index (χ1n) is 7.89. The number of rotatable bonds is 5. The van der Waals surface area contributed by atoms with E-state index in [1.54, 1.807) is 23.2 Å². The van der Waals surface area contributed by atoms with E-state index in [1.165, 1.54) is 4.90 Å². The van der Waals surface area contributed by atoms with Gasteiger partial charge in [-0.3, -0.25) is 14.5 Å². The average Bonchev–Trinajstić information content (AvgIpc) is 2.63. The number of carbonyl (C=O) groups excluding carboxylic acids is 2. The zero-order valence-electron chi connectivity index (χ0n) is 13.5. The molecule has 0 bridgehead atoms. The largest absolute Gasteiger partial charge is 0.480 e. The highest BCUT2D eigenvalue weighted by Gasteiger charge is 2.29. The molecule has 1 aromatic heterocycles. The van der Waals surface area contributed by atoms with Crippen molar-refractivity contribution in [3.8, 4) is 5.75 Å². The second-order valence-corrected chi connectivity index (χ2v) is 5.49. The van der Waals surface area contributed by atoms with Gasteiger partial charge in [-0.2, -0.15) is 0 Å². The van der Waals surface area contributed by atoms with Crippen LogP contribution in [0.4, 0.5) is 5.82 Å². The van der Waals surface area contributed by atoms with Crippen molar-refractivity contribution >= 4 is 17.6 Å². The highest BCUT2D eigenvalue weighted by Crippen LogP contribution is 2.28. The van der Waals surface area contributed by atoms with Crippen molar-refractivity contribution in [2.75, 3.05) is 24.6 Å². The van der Waals surface area contributed by atoms with Gasteiger partial charge in [0, 0.05) is 19.3 Å². The average molecular weight is 325 g/mol. The van der Waals surface area contributed by atoms with E-state index in [4.69, 9.17) is 4.74 Å². The number of carbonyl (C=O) groups is 2. The van der Waals surface area contributed by atoms with E-state index in [1.807, 2.05) is 37.3 Å². The molecule has 24 heavy (non-hydrogen) atoms. The van der Waals surface area contributed by atoms with E-state index < -0.39 is 0 Å². The first-order valence-corrected chi connectivity index (χ1v) is 7.89. The van der Waals surface area contributed by atoms with E-state index in [9.17, 15) is 9.59 Å². The predicted octanol–water partition coefficient (Wildman–Crippen LogP) is 1.86. The number of likely N-dealkylation sites (N-methyl/N-ethyl adjacent to an activating group) is 1. The molecular weight excluding hydrogens is 306 g/mol. The monoisotopic (exact) mass is 325 g/mol. The van der Waals surface area contributed by atoms with Crippen molar-refractivity contribution in [3.63, 3.8) is 0 Å². The second-order valence-electron chi connectivity index (χ2n) is 5.49. The molecule has 0 saturated carbocycles. The molecule has 0 aliphatic carbocycles. The van der Waals surface area contributed by atoms with Gasteiger partial charge in [-0.1, -0.05) is 30.3 Å². The topological polar surface area (TPSA) is 62.7 Å². The molecule has 1 aliphatic heterocycles. The lowest BCUT2D eigenvalue weighted by Crippen LogP contribution is -2.46. The molecule has 6 heteroatoms. The van der Waals surface area contributed by atoms with Gasteiger partial charge in [-0.05, 0) is 24.6 Å². The summed E-state index contributed by atoms with van der Waals surface area (Å²) in [4.78, 5) is 32.1. The molecule has 0 atom stereocenters. The first-order chi connectivity index (χ1) is 11.7. The van der Waals surface area contributed by atoms with Gasteiger partial charge in [0.1, 0.15) is 6.54 Å². The number of anilines is 1. The van der Waals surface area contributed by atoms with Gasteiger partial charge < -0.3 is 9.64 Å². The molecule has 124 valence electrons. The Morgan fingerprint density at radius 1 is 1.25 bits per heavy atom. The number of pyridine rings is 1. The molecule has 0 saturated heterocycles. The fourth-order valence-corrected chi connectivity index (χ4v) is 2.61. The van der Waals surface area contributed by atoms with Crippen LogP contribution in [-0.4, -0.2) is 41.4 Å². The first kappa shape index (κ1) is 16.0. The second kappa shape index (κ2) is 7.12. The Bertz CT molecular complexity index is 733. The van der Waals surface area contributed by atoms with Gasteiger partial charge in [0.05, 0.1) is 0 Å². The summed E-state index contributed by atoms with van der Waals surface area (Å²) in [7, 11) is 0. The lowest BCUT2D eigenvalue weighted by atomic mass is 10.2.